The highest BCUT2D eigenvalue weighted by Crippen LogP contribution is 2.19. The van der Waals surface area contributed by atoms with Crippen molar-refractivity contribution < 1.29 is 9.59 Å². The Bertz CT molecular complexity index is 909. The summed E-state index contributed by atoms with van der Waals surface area (Å²) in [5.74, 6) is -0.0977. The highest BCUT2D eigenvalue weighted by atomic mass is 35.5. The van der Waals surface area contributed by atoms with Crippen LogP contribution in [-0.2, 0) is 0 Å². The monoisotopic (exact) mass is 341 g/mol. The molecule has 24 heavy (non-hydrogen) atoms. The summed E-state index contributed by atoms with van der Waals surface area (Å²) in [6, 6.07) is 9.87. The molecule has 3 rings (SSSR count). The number of ketones is 1. The molecule has 0 aliphatic rings. The van der Waals surface area contributed by atoms with E-state index in [4.69, 9.17) is 11.6 Å². The highest BCUT2D eigenvalue weighted by molar-refractivity contribution is 6.34. The van der Waals surface area contributed by atoms with Crippen molar-refractivity contribution in [1.82, 2.24) is 19.7 Å². The topological polar surface area (TPSA) is 89.8 Å². The molecular weight excluding hydrogens is 330 g/mol. The van der Waals surface area contributed by atoms with Crippen molar-refractivity contribution in [3.63, 3.8) is 0 Å². The Morgan fingerprint density at radius 2 is 1.88 bits per heavy atom. The number of aromatic nitrogens is 4. The fourth-order valence-electron chi connectivity index (χ4n) is 2.06. The molecule has 0 aliphatic carbocycles. The number of benzene rings is 1. The first-order valence-electron chi connectivity index (χ1n) is 6.98. The van der Waals surface area contributed by atoms with Crippen LogP contribution in [0, 0.1) is 0 Å². The van der Waals surface area contributed by atoms with Crippen molar-refractivity contribution in [1.29, 1.82) is 0 Å². The van der Waals surface area contributed by atoms with Gasteiger partial charge in [-0.05, 0) is 31.2 Å². The molecule has 0 atom stereocenters. The van der Waals surface area contributed by atoms with Crippen molar-refractivity contribution in [2.24, 2.45) is 0 Å². The molecule has 120 valence electrons. The molecular formula is C16H12ClN5O2. The number of pyridine rings is 1. The first-order valence-corrected chi connectivity index (χ1v) is 7.36. The molecule has 2 heterocycles. The third kappa shape index (κ3) is 3.31. The van der Waals surface area contributed by atoms with E-state index >= 15 is 0 Å². The van der Waals surface area contributed by atoms with Crippen molar-refractivity contribution in [2.75, 3.05) is 5.32 Å². The third-order valence-electron chi connectivity index (χ3n) is 3.26. The molecule has 0 saturated carbocycles. The van der Waals surface area contributed by atoms with Gasteiger partial charge >= 0.3 is 0 Å². The second-order valence-corrected chi connectivity index (χ2v) is 5.37. The van der Waals surface area contributed by atoms with Gasteiger partial charge in [0.25, 0.3) is 5.91 Å². The number of carbonyl (C=O) groups excluding carboxylic acids is 2. The van der Waals surface area contributed by atoms with E-state index in [1.54, 1.807) is 41.0 Å². The fraction of sp³-hybridized carbons (Fsp3) is 0.0625. The molecule has 0 unspecified atom stereocenters. The summed E-state index contributed by atoms with van der Waals surface area (Å²) in [7, 11) is 0. The van der Waals surface area contributed by atoms with E-state index in [9.17, 15) is 9.59 Å². The maximum atomic E-state index is 12.5. The number of nitrogens with zero attached hydrogens (tertiary/aromatic N) is 4. The predicted molar refractivity (Wildman–Crippen MR) is 88.6 cm³/mol. The zero-order chi connectivity index (χ0) is 17.1. The summed E-state index contributed by atoms with van der Waals surface area (Å²) in [6.07, 6.45) is 2.93. The molecule has 0 saturated heterocycles. The first-order chi connectivity index (χ1) is 11.5. The number of amides is 1. The molecule has 7 nitrogen and oxygen atoms in total. The van der Waals surface area contributed by atoms with E-state index < -0.39 is 5.91 Å². The fourth-order valence-corrected chi connectivity index (χ4v) is 2.25. The van der Waals surface area contributed by atoms with Gasteiger partial charge in [0.15, 0.2) is 5.78 Å². The van der Waals surface area contributed by atoms with Crippen molar-refractivity contribution in [3.05, 3.63) is 65.3 Å². The molecule has 8 heteroatoms. The van der Waals surface area contributed by atoms with Crippen LogP contribution in [0.3, 0.4) is 0 Å². The number of carbonyl (C=O) groups is 2. The summed E-state index contributed by atoms with van der Waals surface area (Å²) in [5, 5.41) is 10.3. The van der Waals surface area contributed by atoms with E-state index in [0.717, 1.165) is 0 Å². The van der Waals surface area contributed by atoms with Crippen molar-refractivity contribution >= 4 is 29.0 Å². The van der Waals surface area contributed by atoms with Gasteiger partial charge in [-0.25, -0.2) is 4.98 Å². The van der Waals surface area contributed by atoms with Crippen LogP contribution >= 0.6 is 11.6 Å². The van der Waals surface area contributed by atoms with E-state index in [1.807, 2.05) is 0 Å². The summed E-state index contributed by atoms with van der Waals surface area (Å²) >= 11 is 6.08. The van der Waals surface area contributed by atoms with Crippen molar-refractivity contribution in [2.45, 2.75) is 6.92 Å². The van der Waals surface area contributed by atoms with Crippen LogP contribution in [0.4, 0.5) is 5.69 Å². The highest BCUT2D eigenvalue weighted by Gasteiger charge is 2.15. The minimum absolute atomic E-state index is 0.0658. The number of hydrogen-bond acceptors (Lipinski definition) is 5. The quantitative estimate of drug-likeness (QED) is 0.737. The first kappa shape index (κ1) is 15.8. The van der Waals surface area contributed by atoms with E-state index in [-0.39, 0.29) is 16.5 Å². The van der Waals surface area contributed by atoms with Crippen LogP contribution in [0.1, 0.15) is 27.8 Å². The standard InChI is InChI=1S/C16H12ClN5O2/c1-10(23)11-3-2-4-12(7-11)20-16(24)15-13(17)5-6-14(21-15)22-8-18-19-9-22/h2-9H,1H3,(H,20,24). The van der Waals surface area contributed by atoms with Gasteiger partial charge in [0.1, 0.15) is 24.2 Å². The summed E-state index contributed by atoms with van der Waals surface area (Å²) in [5.41, 5.74) is 1.06. The SMILES string of the molecule is CC(=O)c1cccc(NC(=O)c2nc(-n3cnnc3)ccc2Cl)c1. The second kappa shape index (κ2) is 6.59. The zero-order valence-corrected chi connectivity index (χ0v) is 13.4. The van der Waals surface area contributed by atoms with Crippen LogP contribution in [0.5, 0.6) is 0 Å². The second-order valence-electron chi connectivity index (χ2n) is 4.96. The number of rotatable bonds is 4. The Kier molecular flexibility index (Phi) is 4.35. The normalized spacial score (nSPS) is 10.4. The van der Waals surface area contributed by atoms with Crippen LogP contribution in [0.25, 0.3) is 5.82 Å². The van der Waals surface area contributed by atoms with Gasteiger partial charge in [-0.3, -0.25) is 14.2 Å². The lowest BCUT2D eigenvalue weighted by molar-refractivity contribution is 0.100. The number of anilines is 1. The summed E-state index contributed by atoms with van der Waals surface area (Å²) < 4.78 is 1.56. The lowest BCUT2D eigenvalue weighted by Gasteiger charge is -2.09. The molecule has 1 aromatic carbocycles. The molecule has 0 aliphatic heterocycles. The Labute approximate surface area is 142 Å². The number of hydrogen-bond donors (Lipinski definition) is 1. The van der Waals surface area contributed by atoms with Gasteiger partial charge in [-0.1, -0.05) is 23.7 Å². The average molecular weight is 342 g/mol. The van der Waals surface area contributed by atoms with E-state index in [2.05, 4.69) is 20.5 Å². The smallest absolute Gasteiger partial charge is 0.275 e. The van der Waals surface area contributed by atoms with Crippen LogP contribution in [-0.4, -0.2) is 31.4 Å². The maximum Gasteiger partial charge on any atom is 0.275 e. The Hall–Kier alpha value is -3.06. The molecule has 3 aromatic rings. The molecule has 2 aromatic heterocycles. The van der Waals surface area contributed by atoms with Crippen LogP contribution in [0.2, 0.25) is 5.02 Å². The number of nitrogens with one attached hydrogen (secondary N) is 1. The van der Waals surface area contributed by atoms with Gasteiger partial charge < -0.3 is 5.32 Å². The summed E-state index contributed by atoms with van der Waals surface area (Å²) in [4.78, 5) is 28.1. The molecule has 0 fully saturated rings. The zero-order valence-electron chi connectivity index (χ0n) is 12.6. The van der Waals surface area contributed by atoms with Gasteiger partial charge in [-0.15, -0.1) is 10.2 Å². The Balaban J connectivity index is 1.89. The summed E-state index contributed by atoms with van der Waals surface area (Å²) in [6.45, 7) is 1.46. The maximum absolute atomic E-state index is 12.5. The number of halogens is 1. The number of Topliss-reactive ketones (excluding diaryl/α,β-unsaturated/α-hetero) is 1. The van der Waals surface area contributed by atoms with Gasteiger partial charge in [0.05, 0.1) is 5.02 Å². The molecule has 0 spiro atoms. The molecule has 0 bridgehead atoms. The molecule has 0 radical (unpaired) electrons. The molecule has 1 N–H and O–H groups in total. The van der Waals surface area contributed by atoms with Gasteiger partial charge in [-0.2, -0.15) is 0 Å². The van der Waals surface area contributed by atoms with Crippen molar-refractivity contribution in [3.8, 4) is 5.82 Å². The van der Waals surface area contributed by atoms with E-state index in [1.165, 1.54) is 19.6 Å². The van der Waals surface area contributed by atoms with Crippen LogP contribution < -0.4 is 5.32 Å². The molecule has 1 amide bonds. The lowest BCUT2D eigenvalue weighted by Crippen LogP contribution is -2.15. The van der Waals surface area contributed by atoms with Crippen LogP contribution in [0.15, 0.2) is 49.1 Å². The average Bonchev–Trinajstić information content (AvgIpc) is 3.10. The Morgan fingerprint density at radius 1 is 1.12 bits per heavy atom. The Morgan fingerprint density at radius 3 is 2.58 bits per heavy atom. The van der Waals surface area contributed by atoms with E-state index in [0.29, 0.717) is 17.1 Å². The minimum atomic E-state index is -0.476. The predicted octanol–water partition coefficient (Wildman–Crippen LogP) is 2.77. The van der Waals surface area contributed by atoms with Gasteiger partial charge in [0, 0.05) is 11.3 Å². The van der Waals surface area contributed by atoms with Gasteiger partial charge in [0.2, 0.25) is 0 Å². The minimum Gasteiger partial charge on any atom is -0.321 e. The third-order valence-corrected chi connectivity index (χ3v) is 3.56. The lowest BCUT2D eigenvalue weighted by atomic mass is 10.1. The largest absolute Gasteiger partial charge is 0.321 e.